The van der Waals surface area contributed by atoms with E-state index in [0.717, 1.165) is 45.4 Å². The summed E-state index contributed by atoms with van der Waals surface area (Å²) in [6.45, 7) is 3.26. The fourth-order valence-electron chi connectivity index (χ4n) is 2.74. The summed E-state index contributed by atoms with van der Waals surface area (Å²) in [4.78, 5) is 24.8. The first kappa shape index (κ1) is 14.3. The fraction of sp³-hybridized carbons (Fsp3) is 0.846. The second-order valence-electron chi connectivity index (χ2n) is 5.40. The summed E-state index contributed by atoms with van der Waals surface area (Å²) in [6.07, 6.45) is 3.91. The topological polar surface area (TPSA) is 84.7 Å². The van der Waals surface area contributed by atoms with Crippen molar-refractivity contribution in [1.82, 2.24) is 10.2 Å². The van der Waals surface area contributed by atoms with Gasteiger partial charge in [0, 0.05) is 19.1 Å². The second-order valence-corrected chi connectivity index (χ2v) is 5.40. The van der Waals surface area contributed by atoms with E-state index in [1.165, 1.54) is 0 Å². The molecule has 2 fully saturated rings. The zero-order valence-electron chi connectivity index (χ0n) is 11.3. The Morgan fingerprint density at radius 1 is 1.26 bits per heavy atom. The predicted molar refractivity (Wildman–Crippen MR) is 70.3 cm³/mol. The van der Waals surface area contributed by atoms with Crippen LogP contribution in [0.2, 0.25) is 0 Å². The largest absolute Gasteiger partial charge is 0.376 e. The van der Waals surface area contributed by atoms with Gasteiger partial charge in [-0.25, -0.2) is 0 Å². The molecule has 2 heterocycles. The molecule has 0 saturated carbocycles. The molecule has 2 aliphatic heterocycles. The van der Waals surface area contributed by atoms with Crippen molar-refractivity contribution >= 4 is 11.8 Å². The second kappa shape index (κ2) is 6.86. The number of nitrogens with zero attached hydrogens (tertiary/aromatic N) is 1. The normalized spacial score (nSPS) is 25.4. The van der Waals surface area contributed by atoms with Crippen LogP contribution in [0.5, 0.6) is 0 Å². The minimum absolute atomic E-state index is 0.0607. The lowest BCUT2D eigenvalue weighted by Gasteiger charge is -2.30. The van der Waals surface area contributed by atoms with E-state index >= 15 is 0 Å². The van der Waals surface area contributed by atoms with Gasteiger partial charge in [-0.05, 0) is 38.8 Å². The highest BCUT2D eigenvalue weighted by atomic mass is 16.5. The Hall–Kier alpha value is -1.14. The molecule has 2 aliphatic rings. The molecule has 0 spiro atoms. The van der Waals surface area contributed by atoms with E-state index in [0.29, 0.717) is 13.1 Å². The third kappa shape index (κ3) is 4.47. The Morgan fingerprint density at radius 3 is 2.58 bits per heavy atom. The van der Waals surface area contributed by atoms with Crippen LogP contribution >= 0.6 is 0 Å². The lowest BCUT2D eigenvalue weighted by Crippen LogP contribution is -2.44. The molecule has 3 N–H and O–H groups in total. The molecule has 6 heteroatoms. The molecule has 0 aliphatic carbocycles. The summed E-state index contributed by atoms with van der Waals surface area (Å²) in [7, 11) is 0. The zero-order chi connectivity index (χ0) is 13.7. The molecule has 1 unspecified atom stereocenters. The Balaban J connectivity index is 1.65. The van der Waals surface area contributed by atoms with E-state index in [2.05, 4.69) is 5.32 Å². The molecule has 1 atom stereocenters. The van der Waals surface area contributed by atoms with Crippen molar-refractivity contribution in [2.75, 3.05) is 32.8 Å². The number of hydrogen-bond donors (Lipinski definition) is 2. The van der Waals surface area contributed by atoms with Crippen molar-refractivity contribution in [2.24, 2.45) is 11.7 Å². The third-order valence-electron chi connectivity index (χ3n) is 3.87. The number of piperidine rings is 1. The molecule has 2 rings (SSSR count). The van der Waals surface area contributed by atoms with E-state index in [4.69, 9.17) is 10.5 Å². The highest BCUT2D eigenvalue weighted by Gasteiger charge is 2.26. The summed E-state index contributed by atoms with van der Waals surface area (Å²) in [5.41, 5.74) is 5.16. The van der Waals surface area contributed by atoms with Gasteiger partial charge in [-0.2, -0.15) is 0 Å². The van der Waals surface area contributed by atoms with Crippen LogP contribution in [-0.2, 0) is 14.3 Å². The fourth-order valence-corrected chi connectivity index (χ4v) is 2.74. The van der Waals surface area contributed by atoms with E-state index in [1.54, 1.807) is 0 Å². The van der Waals surface area contributed by atoms with Crippen LogP contribution in [0.1, 0.15) is 25.7 Å². The van der Waals surface area contributed by atoms with Gasteiger partial charge in [-0.15, -0.1) is 0 Å². The summed E-state index contributed by atoms with van der Waals surface area (Å²) >= 11 is 0. The smallest absolute Gasteiger partial charge is 0.231 e. The van der Waals surface area contributed by atoms with Gasteiger partial charge >= 0.3 is 0 Å². The van der Waals surface area contributed by atoms with Gasteiger partial charge in [0.2, 0.25) is 11.8 Å². The molecule has 2 amide bonds. The SMILES string of the molecule is NC(=O)CN1CCC(C(=O)NCC2CCCO2)CC1. The molecule has 108 valence electrons. The van der Waals surface area contributed by atoms with Gasteiger partial charge in [0.1, 0.15) is 0 Å². The van der Waals surface area contributed by atoms with Crippen LogP contribution in [0.25, 0.3) is 0 Å². The predicted octanol–water partition coefficient (Wildman–Crippen LogP) is -0.521. The third-order valence-corrected chi connectivity index (χ3v) is 3.87. The van der Waals surface area contributed by atoms with E-state index in [-0.39, 0.29) is 23.8 Å². The van der Waals surface area contributed by atoms with Gasteiger partial charge in [0.05, 0.1) is 12.6 Å². The maximum absolute atomic E-state index is 12.0. The molecule has 0 aromatic rings. The first-order valence-corrected chi connectivity index (χ1v) is 7.05. The molecule has 0 aromatic heterocycles. The molecular weight excluding hydrogens is 246 g/mol. The number of amides is 2. The minimum Gasteiger partial charge on any atom is -0.376 e. The van der Waals surface area contributed by atoms with Gasteiger partial charge in [-0.1, -0.05) is 0 Å². The highest BCUT2D eigenvalue weighted by Crippen LogP contribution is 2.17. The summed E-state index contributed by atoms with van der Waals surface area (Å²) in [5, 5.41) is 2.98. The number of rotatable bonds is 5. The number of carbonyl (C=O) groups excluding carboxylic acids is 2. The summed E-state index contributed by atoms with van der Waals surface area (Å²) in [6, 6.07) is 0. The zero-order valence-corrected chi connectivity index (χ0v) is 11.3. The number of primary amides is 1. The van der Waals surface area contributed by atoms with Crippen molar-refractivity contribution in [3.8, 4) is 0 Å². The Kier molecular flexibility index (Phi) is 5.15. The quantitative estimate of drug-likeness (QED) is 0.703. The van der Waals surface area contributed by atoms with Gasteiger partial charge in [0.25, 0.3) is 0 Å². The number of nitrogens with two attached hydrogens (primary N) is 1. The van der Waals surface area contributed by atoms with Crippen LogP contribution in [-0.4, -0.2) is 55.6 Å². The van der Waals surface area contributed by atoms with Crippen LogP contribution in [0.15, 0.2) is 0 Å². The van der Waals surface area contributed by atoms with Gasteiger partial charge in [0.15, 0.2) is 0 Å². The number of ether oxygens (including phenoxy) is 1. The van der Waals surface area contributed by atoms with Crippen LogP contribution in [0, 0.1) is 5.92 Å². The first-order valence-electron chi connectivity index (χ1n) is 7.05. The molecule has 0 bridgehead atoms. The number of likely N-dealkylation sites (tertiary alicyclic amines) is 1. The molecule has 0 aromatic carbocycles. The maximum atomic E-state index is 12.0. The first-order chi connectivity index (χ1) is 9.15. The average molecular weight is 269 g/mol. The number of carbonyl (C=O) groups is 2. The Morgan fingerprint density at radius 2 is 2.00 bits per heavy atom. The highest BCUT2D eigenvalue weighted by molar-refractivity contribution is 5.79. The van der Waals surface area contributed by atoms with Gasteiger partial charge < -0.3 is 15.8 Å². The van der Waals surface area contributed by atoms with Crippen molar-refractivity contribution < 1.29 is 14.3 Å². The number of hydrogen-bond acceptors (Lipinski definition) is 4. The molecular formula is C13H23N3O3. The van der Waals surface area contributed by atoms with Crippen molar-refractivity contribution in [3.05, 3.63) is 0 Å². The average Bonchev–Trinajstić information content (AvgIpc) is 2.89. The van der Waals surface area contributed by atoms with Crippen LogP contribution in [0.3, 0.4) is 0 Å². The van der Waals surface area contributed by atoms with E-state index in [9.17, 15) is 9.59 Å². The Bertz CT molecular complexity index is 321. The standard InChI is InChI=1S/C13H23N3O3/c14-12(17)9-16-5-3-10(4-6-16)13(18)15-8-11-2-1-7-19-11/h10-11H,1-9H2,(H2,14,17)(H,15,18). The van der Waals surface area contributed by atoms with Gasteiger partial charge in [-0.3, -0.25) is 14.5 Å². The lowest BCUT2D eigenvalue weighted by molar-refractivity contribution is -0.127. The molecule has 0 radical (unpaired) electrons. The minimum atomic E-state index is -0.304. The van der Waals surface area contributed by atoms with E-state index < -0.39 is 0 Å². The monoisotopic (exact) mass is 269 g/mol. The van der Waals surface area contributed by atoms with E-state index in [1.807, 2.05) is 4.90 Å². The molecule has 2 saturated heterocycles. The maximum Gasteiger partial charge on any atom is 0.231 e. The number of nitrogens with one attached hydrogen (secondary N) is 1. The summed E-state index contributed by atoms with van der Waals surface area (Å²) in [5.74, 6) is -0.124. The van der Waals surface area contributed by atoms with Crippen molar-refractivity contribution in [3.63, 3.8) is 0 Å². The van der Waals surface area contributed by atoms with Crippen LogP contribution < -0.4 is 11.1 Å². The summed E-state index contributed by atoms with van der Waals surface area (Å²) < 4.78 is 5.48. The van der Waals surface area contributed by atoms with Crippen molar-refractivity contribution in [2.45, 2.75) is 31.8 Å². The van der Waals surface area contributed by atoms with Crippen molar-refractivity contribution in [1.29, 1.82) is 0 Å². The lowest BCUT2D eigenvalue weighted by atomic mass is 9.96. The van der Waals surface area contributed by atoms with Crippen LogP contribution in [0.4, 0.5) is 0 Å². The molecule has 19 heavy (non-hydrogen) atoms. The Labute approximate surface area is 113 Å². The molecule has 6 nitrogen and oxygen atoms in total.